The number of ether oxygens (including phenoxy) is 1. The van der Waals surface area contributed by atoms with Gasteiger partial charge in [0.1, 0.15) is 17.9 Å². The van der Waals surface area contributed by atoms with E-state index in [1.165, 1.54) is 50.5 Å². The molecule has 6 fully saturated rings. The lowest BCUT2D eigenvalue weighted by molar-refractivity contribution is -0.183. The highest BCUT2D eigenvalue weighted by Gasteiger charge is 2.57. The van der Waals surface area contributed by atoms with E-state index < -0.39 is 24.2 Å². The zero-order valence-electron chi connectivity index (χ0n) is 25.7. The highest BCUT2D eigenvalue weighted by atomic mass is 16.7. The third kappa shape index (κ3) is 5.13. The van der Waals surface area contributed by atoms with Gasteiger partial charge in [-0.1, -0.05) is 58.2 Å². The van der Waals surface area contributed by atoms with Crippen LogP contribution >= 0.6 is 0 Å². The van der Waals surface area contributed by atoms with Gasteiger partial charge in [-0.05, 0) is 85.5 Å². The molecule has 1 heterocycles. The molecule has 6 aliphatic rings. The molecule has 7 nitrogen and oxygen atoms in total. The molecule has 5 aliphatic carbocycles. The van der Waals surface area contributed by atoms with E-state index >= 15 is 0 Å². The molecule has 3 unspecified atom stereocenters. The number of benzene rings is 1. The van der Waals surface area contributed by atoms with Crippen molar-refractivity contribution < 1.29 is 24.6 Å². The number of methoxy groups -OCH3 is 1. The summed E-state index contributed by atoms with van der Waals surface area (Å²) in [5, 5.41) is 26.1. The quantitative estimate of drug-likeness (QED) is 0.407. The van der Waals surface area contributed by atoms with Crippen LogP contribution in [0, 0.1) is 40.9 Å². The summed E-state index contributed by atoms with van der Waals surface area (Å²) in [6, 6.07) is 5.79. The minimum absolute atomic E-state index is 0.113. The Labute approximate surface area is 246 Å². The number of nitrogens with one attached hydrogen (secondary N) is 1. The summed E-state index contributed by atoms with van der Waals surface area (Å²) >= 11 is 0. The van der Waals surface area contributed by atoms with Crippen molar-refractivity contribution in [2.75, 3.05) is 13.7 Å². The standard InChI is InChI=1S/C34H52N2O5/c1-19-27-15-25(34(27,3)4)16-28(19)35-33(39)31-30(20(2)38)29(18-37)41-36(31)17-24-10-7-11-26(32(24)40-5)23-13-12-21-8-6-9-22(21)14-23/h7,10-11,19-23,25,27-31,37-38H,6,8-9,12-18H2,1-5H3,(H,35,39)/t19-,20-,21?,22?,23?,25+,27+,28-,29-,30+,31-/m0/s1. The summed E-state index contributed by atoms with van der Waals surface area (Å²) in [5.41, 5.74) is 2.58. The number of carbonyl (C=O) groups is 1. The normalized spacial score (nSPS) is 40.5. The van der Waals surface area contributed by atoms with Crippen molar-refractivity contribution in [3.05, 3.63) is 29.3 Å². The Morgan fingerprint density at radius 2 is 1.95 bits per heavy atom. The van der Waals surface area contributed by atoms with E-state index in [4.69, 9.17) is 9.57 Å². The van der Waals surface area contributed by atoms with E-state index in [1.807, 2.05) is 0 Å². The number of nitrogens with zero attached hydrogens (tertiary/aromatic N) is 1. The number of para-hydroxylation sites is 1. The Morgan fingerprint density at radius 1 is 1.17 bits per heavy atom. The highest BCUT2D eigenvalue weighted by Crippen LogP contribution is 2.61. The molecule has 228 valence electrons. The molecule has 0 aromatic heterocycles. The number of hydrogen-bond acceptors (Lipinski definition) is 6. The predicted octanol–water partition coefficient (Wildman–Crippen LogP) is 5.04. The minimum Gasteiger partial charge on any atom is -0.496 e. The second-order valence-corrected chi connectivity index (χ2v) is 14.7. The Morgan fingerprint density at radius 3 is 2.63 bits per heavy atom. The van der Waals surface area contributed by atoms with Gasteiger partial charge in [0, 0.05) is 17.5 Å². The van der Waals surface area contributed by atoms with Gasteiger partial charge in [-0.3, -0.25) is 9.63 Å². The van der Waals surface area contributed by atoms with Crippen LogP contribution < -0.4 is 10.1 Å². The topological polar surface area (TPSA) is 91.3 Å². The molecule has 7 rings (SSSR count). The Kier molecular flexibility index (Phi) is 8.20. The largest absolute Gasteiger partial charge is 0.496 e. The Balaban J connectivity index is 1.23. The molecule has 0 spiro atoms. The van der Waals surface area contributed by atoms with Gasteiger partial charge in [0.25, 0.3) is 0 Å². The Hall–Kier alpha value is -1.67. The molecular formula is C34H52N2O5. The van der Waals surface area contributed by atoms with Gasteiger partial charge in [0.05, 0.1) is 26.4 Å². The molecule has 11 atom stereocenters. The van der Waals surface area contributed by atoms with Crippen molar-refractivity contribution in [1.82, 2.24) is 10.4 Å². The van der Waals surface area contributed by atoms with Crippen molar-refractivity contribution in [2.24, 2.45) is 40.9 Å². The number of carbonyl (C=O) groups excluding carboxylic acids is 1. The molecule has 2 bridgehead atoms. The summed E-state index contributed by atoms with van der Waals surface area (Å²) in [4.78, 5) is 20.3. The third-order valence-electron chi connectivity index (χ3n) is 12.4. The number of aliphatic hydroxyl groups is 2. The van der Waals surface area contributed by atoms with Gasteiger partial charge in [0.15, 0.2) is 0 Å². The summed E-state index contributed by atoms with van der Waals surface area (Å²) in [5.74, 6) is 4.11. The van der Waals surface area contributed by atoms with Crippen LogP contribution in [0.3, 0.4) is 0 Å². The fourth-order valence-corrected chi connectivity index (χ4v) is 9.94. The van der Waals surface area contributed by atoms with E-state index in [0.717, 1.165) is 29.6 Å². The van der Waals surface area contributed by atoms with Crippen LogP contribution in [0.2, 0.25) is 0 Å². The van der Waals surface area contributed by atoms with Gasteiger partial charge < -0.3 is 20.3 Å². The molecule has 5 saturated carbocycles. The van der Waals surface area contributed by atoms with Crippen LogP contribution in [0.4, 0.5) is 0 Å². The van der Waals surface area contributed by atoms with Crippen molar-refractivity contribution in [1.29, 1.82) is 0 Å². The van der Waals surface area contributed by atoms with Crippen LogP contribution in [0.15, 0.2) is 18.2 Å². The summed E-state index contributed by atoms with van der Waals surface area (Å²) < 4.78 is 6.06. The van der Waals surface area contributed by atoms with Crippen LogP contribution in [0.5, 0.6) is 5.75 Å². The third-order valence-corrected chi connectivity index (χ3v) is 12.4. The zero-order chi connectivity index (χ0) is 29.1. The number of rotatable bonds is 8. The first kappa shape index (κ1) is 29.4. The van der Waals surface area contributed by atoms with Gasteiger partial charge in [-0.15, -0.1) is 0 Å². The average Bonchev–Trinajstić information content (AvgIpc) is 3.57. The molecule has 1 aromatic carbocycles. The second-order valence-electron chi connectivity index (χ2n) is 14.7. The van der Waals surface area contributed by atoms with Crippen molar-refractivity contribution in [3.8, 4) is 5.75 Å². The van der Waals surface area contributed by atoms with E-state index in [0.29, 0.717) is 35.6 Å². The molecule has 3 N–H and O–H groups in total. The molecule has 41 heavy (non-hydrogen) atoms. The maximum Gasteiger partial charge on any atom is 0.240 e. The van der Waals surface area contributed by atoms with Crippen LogP contribution in [-0.4, -0.2) is 59.2 Å². The maximum absolute atomic E-state index is 14.0. The predicted molar refractivity (Wildman–Crippen MR) is 158 cm³/mol. The molecule has 1 saturated heterocycles. The van der Waals surface area contributed by atoms with E-state index in [-0.39, 0.29) is 18.6 Å². The average molecular weight is 569 g/mol. The van der Waals surface area contributed by atoms with Gasteiger partial charge in [-0.25, -0.2) is 0 Å². The fourth-order valence-electron chi connectivity index (χ4n) is 9.94. The molecule has 1 aromatic rings. The SMILES string of the molecule is COc1c(CN2O[C@@H](CO)[C@@H]([C@H](C)O)[C@H]2C(=O)N[C@H]2C[C@H]3C[C@H]([C@@H]2C)C3(C)C)cccc1C1CCC2CCCC2C1. The van der Waals surface area contributed by atoms with Crippen molar-refractivity contribution >= 4 is 5.91 Å². The first-order valence-corrected chi connectivity index (χ1v) is 16.3. The first-order valence-electron chi connectivity index (χ1n) is 16.3. The summed E-state index contributed by atoms with van der Waals surface area (Å²) in [6.45, 7) is 8.80. The summed E-state index contributed by atoms with van der Waals surface area (Å²) in [7, 11) is 1.74. The molecule has 0 radical (unpaired) electrons. The lowest BCUT2D eigenvalue weighted by Crippen LogP contribution is -2.62. The van der Waals surface area contributed by atoms with Gasteiger partial charge >= 0.3 is 0 Å². The lowest BCUT2D eigenvalue weighted by Gasteiger charge is -2.62. The minimum atomic E-state index is -0.807. The smallest absolute Gasteiger partial charge is 0.240 e. The maximum atomic E-state index is 14.0. The lowest BCUT2D eigenvalue weighted by atomic mass is 9.45. The number of fused-ring (bicyclic) bond motifs is 3. The number of aliphatic hydroxyl groups excluding tert-OH is 2. The number of amides is 1. The molecule has 1 amide bonds. The molecule has 7 heteroatoms. The highest BCUT2D eigenvalue weighted by molar-refractivity contribution is 5.83. The van der Waals surface area contributed by atoms with Gasteiger partial charge in [-0.2, -0.15) is 5.06 Å². The monoisotopic (exact) mass is 568 g/mol. The number of hydrogen-bond donors (Lipinski definition) is 3. The fraction of sp³-hybridized carbons (Fsp3) is 0.794. The van der Waals surface area contributed by atoms with Crippen LogP contribution in [-0.2, 0) is 16.2 Å². The van der Waals surface area contributed by atoms with Crippen LogP contribution in [0.1, 0.15) is 96.1 Å². The first-order chi connectivity index (χ1) is 19.6. The molecular weight excluding hydrogens is 516 g/mol. The number of hydroxylamine groups is 2. The van der Waals surface area contributed by atoms with E-state index in [2.05, 4.69) is 44.3 Å². The Bertz CT molecular complexity index is 1110. The molecule has 1 aliphatic heterocycles. The van der Waals surface area contributed by atoms with E-state index in [9.17, 15) is 15.0 Å². The van der Waals surface area contributed by atoms with Crippen molar-refractivity contribution in [3.63, 3.8) is 0 Å². The van der Waals surface area contributed by atoms with E-state index in [1.54, 1.807) is 19.1 Å². The van der Waals surface area contributed by atoms with Crippen LogP contribution in [0.25, 0.3) is 0 Å². The second kappa shape index (κ2) is 11.4. The van der Waals surface area contributed by atoms with Crippen molar-refractivity contribution in [2.45, 2.75) is 116 Å². The van der Waals surface area contributed by atoms with Gasteiger partial charge in [0.2, 0.25) is 5.91 Å². The summed E-state index contributed by atoms with van der Waals surface area (Å²) in [6.07, 6.45) is 8.62. The zero-order valence-corrected chi connectivity index (χ0v) is 25.7.